The lowest BCUT2D eigenvalue weighted by Crippen LogP contribution is -2.75. The van der Waals surface area contributed by atoms with Crippen LogP contribution in [0.2, 0.25) is 0 Å². The highest BCUT2D eigenvalue weighted by Crippen LogP contribution is 2.43. The molecule has 0 fully saturated rings. The Morgan fingerprint density at radius 1 is 0.333 bits per heavy atom. The fourth-order valence-corrected chi connectivity index (χ4v) is 12.7. The Hall–Kier alpha value is -7.34. The second-order valence-corrected chi connectivity index (χ2v) is 17.6. The zero-order valence-corrected chi connectivity index (χ0v) is 33.3. The summed E-state index contributed by atoms with van der Waals surface area (Å²) in [5.41, 5.74) is 10.8. The topological polar surface area (TPSA) is 75.1 Å². The third kappa shape index (κ3) is 5.81. The zero-order chi connectivity index (χ0) is 40.0. The molecule has 0 unspecified atom stereocenters. The van der Waals surface area contributed by atoms with Gasteiger partial charge in [-0.25, -0.2) is 19.9 Å². The van der Waals surface area contributed by atoms with Gasteiger partial charge in [-0.3, -0.25) is 0 Å². The fourth-order valence-electron chi connectivity index (χ4n) is 9.10. The third-order valence-corrected chi connectivity index (χ3v) is 14.9. The molecule has 2 aromatic heterocycles. The first-order chi connectivity index (χ1) is 29.7. The molecule has 11 rings (SSSR count). The summed E-state index contributed by atoms with van der Waals surface area (Å²) in [5.74, 6) is 0. The fraction of sp³-hybridized carbons (Fsp3) is 0. The van der Waals surface area contributed by atoms with Crippen LogP contribution in [0.4, 0.5) is 34.1 Å². The second kappa shape index (κ2) is 14.8. The summed E-state index contributed by atoms with van der Waals surface area (Å²) < 4.78 is 16.3. The van der Waals surface area contributed by atoms with Crippen LogP contribution in [0.25, 0.3) is 0 Å². The van der Waals surface area contributed by atoms with Crippen LogP contribution in [-0.4, -0.2) is 33.4 Å². The van der Waals surface area contributed by atoms with Gasteiger partial charge in [-0.05, 0) is 48.5 Å². The van der Waals surface area contributed by atoms with Gasteiger partial charge in [0.15, 0.2) is 7.14 Å². The second-order valence-electron chi connectivity index (χ2n) is 15.0. The maximum atomic E-state index is 16.3. The van der Waals surface area contributed by atoms with Crippen molar-refractivity contribution in [3.8, 4) is 0 Å². The van der Waals surface area contributed by atoms with Gasteiger partial charge in [0.05, 0.1) is 47.6 Å². The molecular formula is C50H35B2N6OP. The summed E-state index contributed by atoms with van der Waals surface area (Å²) in [7, 11) is -3.37. The average Bonchev–Trinajstić information content (AvgIpc) is 3.32. The minimum Gasteiger partial charge on any atom is -0.309 e. The van der Waals surface area contributed by atoms with Gasteiger partial charge >= 0.3 is 0 Å². The smallest absolute Gasteiger partial charge is 0.291 e. The van der Waals surface area contributed by atoms with E-state index in [1.165, 1.54) is 0 Å². The van der Waals surface area contributed by atoms with E-state index >= 15 is 4.57 Å². The van der Waals surface area contributed by atoms with E-state index in [4.69, 9.17) is 19.9 Å². The molecule has 282 valence electrons. The van der Waals surface area contributed by atoms with Gasteiger partial charge in [0, 0.05) is 38.7 Å². The highest BCUT2D eigenvalue weighted by atomic mass is 31.2. The first-order valence-electron chi connectivity index (χ1n) is 20.1. The number of anilines is 6. The molecule has 10 heteroatoms. The molecule has 0 saturated heterocycles. The van der Waals surface area contributed by atoms with Crippen molar-refractivity contribution in [2.75, 3.05) is 9.80 Å². The predicted octanol–water partition coefficient (Wildman–Crippen LogP) is 5.50. The van der Waals surface area contributed by atoms with Crippen LogP contribution in [0.15, 0.2) is 213 Å². The van der Waals surface area contributed by atoms with Crippen molar-refractivity contribution in [3.05, 3.63) is 213 Å². The lowest BCUT2D eigenvalue weighted by molar-refractivity contribution is 0.592. The minimum atomic E-state index is -3.37. The van der Waals surface area contributed by atoms with Crippen molar-refractivity contribution in [3.63, 3.8) is 0 Å². The number of fused-ring (bicyclic) bond motifs is 4. The molecule has 0 spiro atoms. The SMILES string of the molecule is O=P12c3ccccc3B(c3ncc(N(c4ccccc4)c4ccccc4)cn3)c3cccc(c31)B(c1ncc(N(c3ccccc3)c3ccccc3)cn1)c1ccccc12. The molecule has 0 N–H and O–H groups in total. The number of rotatable bonds is 8. The Morgan fingerprint density at radius 3 is 0.983 bits per heavy atom. The zero-order valence-electron chi connectivity index (χ0n) is 32.4. The molecule has 0 bridgehead atoms. The Morgan fingerprint density at radius 2 is 0.633 bits per heavy atom. The molecule has 4 heterocycles. The van der Waals surface area contributed by atoms with Crippen LogP contribution in [0, 0.1) is 0 Å². The molecule has 0 aliphatic carbocycles. The summed E-state index contributed by atoms with van der Waals surface area (Å²) in [6.07, 6.45) is 7.60. The number of benzene rings is 7. The number of hydrogen-bond acceptors (Lipinski definition) is 7. The highest BCUT2D eigenvalue weighted by Gasteiger charge is 2.51. The summed E-state index contributed by atoms with van der Waals surface area (Å²) in [4.78, 5) is 24.8. The highest BCUT2D eigenvalue weighted by molar-refractivity contribution is 7.88. The molecule has 2 aliphatic rings. The summed E-state index contributed by atoms with van der Waals surface area (Å²) in [6.45, 7) is -0.706. The maximum Gasteiger partial charge on any atom is 0.291 e. The maximum absolute atomic E-state index is 16.3. The Kier molecular flexibility index (Phi) is 8.83. The van der Waals surface area contributed by atoms with Crippen LogP contribution in [0.5, 0.6) is 0 Å². The summed E-state index contributed by atoms with van der Waals surface area (Å²) in [6, 6.07) is 63.6. The standard InChI is InChI=1S/C50H35B2N6OP/c59-60-46-30-15-13-26-42(46)51(49-53-32-40(33-54-49)57(36-18-5-1-6-19-36)37-20-7-2-8-21-37)44-28-17-29-45(48(44)60)52(43-27-14-16-31-47(43)60)50-55-34-41(35-56-50)58(38-22-9-3-10-23-38)39-24-11-4-12-25-39/h1-35H. The first kappa shape index (κ1) is 35.8. The van der Waals surface area contributed by atoms with Crippen molar-refractivity contribution in [2.45, 2.75) is 0 Å². The molecule has 2 aliphatic heterocycles. The predicted molar refractivity (Wildman–Crippen MR) is 249 cm³/mol. The molecule has 0 amide bonds. The van der Waals surface area contributed by atoms with Crippen LogP contribution < -0.4 is 59.0 Å². The first-order valence-corrected chi connectivity index (χ1v) is 21.8. The molecule has 0 saturated carbocycles. The van der Waals surface area contributed by atoms with Crippen LogP contribution in [0.1, 0.15) is 0 Å². The van der Waals surface area contributed by atoms with Crippen molar-refractivity contribution < 1.29 is 4.57 Å². The molecular weight excluding hydrogens is 753 g/mol. The van der Waals surface area contributed by atoms with Crippen LogP contribution in [0.3, 0.4) is 0 Å². The Balaban J connectivity index is 1.05. The Labute approximate surface area is 349 Å². The van der Waals surface area contributed by atoms with Crippen LogP contribution >= 0.6 is 7.14 Å². The van der Waals surface area contributed by atoms with Gasteiger partial charge in [0.1, 0.15) is 0 Å². The van der Waals surface area contributed by atoms with Gasteiger partial charge < -0.3 is 14.4 Å². The van der Waals surface area contributed by atoms with E-state index in [0.29, 0.717) is 11.4 Å². The quantitative estimate of drug-likeness (QED) is 0.149. The molecule has 60 heavy (non-hydrogen) atoms. The van der Waals surface area contributed by atoms with Crippen molar-refractivity contribution in [1.82, 2.24) is 19.9 Å². The molecule has 7 nitrogen and oxygen atoms in total. The van der Waals surface area contributed by atoms with E-state index in [2.05, 4.69) is 88.7 Å². The van der Waals surface area contributed by atoms with Gasteiger partial charge in [-0.1, -0.05) is 161 Å². The van der Waals surface area contributed by atoms with E-state index < -0.39 is 7.14 Å². The number of para-hydroxylation sites is 4. The lowest BCUT2D eigenvalue weighted by Gasteiger charge is -2.39. The van der Waals surface area contributed by atoms with E-state index in [9.17, 15) is 0 Å². The normalized spacial score (nSPS) is 13.1. The monoisotopic (exact) mass is 788 g/mol. The molecule has 0 atom stereocenters. The lowest BCUT2D eigenvalue weighted by atomic mass is 9.36. The van der Waals surface area contributed by atoms with Crippen molar-refractivity contribution in [2.24, 2.45) is 0 Å². The number of nitrogens with zero attached hydrogens (tertiary/aromatic N) is 6. The average molecular weight is 788 g/mol. The van der Waals surface area contributed by atoms with E-state index in [1.807, 2.05) is 134 Å². The van der Waals surface area contributed by atoms with Gasteiger partial charge in [0.25, 0.3) is 13.4 Å². The van der Waals surface area contributed by atoms with Crippen LogP contribution in [-0.2, 0) is 4.57 Å². The Bertz CT molecular complexity index is 2760. The third-order valence-electron chi connectivity index (χ3n) is 11.6. The molecule has 7 aromatic carbocycles. The van der Waals surface area contributed by atoms with Gasteiger partial charge in [-0.15, -0.1) is 0 Å². The number of hydrogen-bond donors (Lipinski definition) is 0. The van der Waals surface area contributed by atoms with E-state index in [-0.39, 0.29) is 13.4 Å². The van der Waals surface area contributed by atoms with E-state index in [1.54, 1.807) is 0 Å². The summed E-state index contributed by atoms with van der Waals surface area (Å²) in [5, 5.41) is 2.48. The number of aromatic nitrogens is 4. The summed E-state index contributed by atoms with van der Waals surface area (Å²) >= 11 is 0. The van der Waals surface area contributed by atoms with Crippen molar-refractivity contribution in [1.29, 1.82) is 0 Å². The van der Waals surface area contributed by atoms with Crippen molar-refractivity contribution >= 4 is 104 Å². The largest absolute Gasteiger partial charge is 0.309 e. The molecule has 9 aromatic rings. The minimum absolute atomic E-state index is 0.353. The van der Waals surface area contributed by atoms with Gasteiger partial charge in [0.2, 0.25) is 0 Å². The molecule has 0 radical (unpaired) electrons. The van der Waals surface area contributed by atoms with E-state index in [0.717, 1.165) is 71.9 Å². The van der Waals surface area contributed by atoms with Gasteiger partial charge in [-0.2, -0.15) is 0 Å².